The van der Waals surface area contributed by atoms with Crippen molar-refractivity contribution in [2.24, 2.45) is 0 Å². The number of anilines is 1. The molecule has 0 aliphatic rings. The molecule has 0 heterocycles. The number of aryl methyl sites for hydroxylation is 1. The molecular formula is C18H17F4N3O3. The molecule has 0 unspecified atom stereocenters. The first-order valence-corrected chi connectivity index (χ1v) is 7.93. The number of carbonyl (C=O) groups is 2. The van der Waals surface area contributed by atoms with Crippen LogP contribution in [0, 0.1) is 12.7 Å². The number of hydrogen-bond acceptors (Lipinski definition) is 5. The SMILES string of the molecule is COC(=O)[C@](NNc1ccccc1C)(NC(=O)c1ccccc1F)C(F)(F)F. The molecule has 0 aromatic heterocycles. The molecule has 1 atom stereocenters. The topological polar surface area (TPSA) is 79.5 Å². The Morgan fingerprint density at radius 1 is 1.00 bits per heavy atom. The standard InChI is InChI=1S/C18H17F4N3O3/c1-11-7-3-6-10-14(11)24-25-17(16(27)28-2,18(20,21)22)23-15(26)12-8-4-5-9-13(12)19/h3-10,24-25H,1-2H3,(H,23,26)/t17-/m1/s1. The molecule has 2 rings (SSSR count). The van der Waals surface area contributed by atoms with Gasteiger partial charge in [0.2, 0.25) is 0 Å². The summed E-state index contributed by atoms with van der Waals surface area (Å²) >= 11 is 0. The summed E-state index contributed by atoms with van der Waals surface area (Å²) in [7, 11) is 0.730. The smallest absolute Gasteiger partial charge is 0.438 e. The van der Waals surface area contributed by atoms with Crippen LogP contribution < -0.4 is 16.2 Å². The van der Waals surface area contributed by atoms with E-state index >= 15 is 0 Å². The van der Waals surface area contributed by atoms with Crippen molar-refractivity contribution in [2.45, 2.75) is 18.8 Å². The zero-order valence-corrected chi connectivity index (χ0v) is 14.9. The van der Waals surface area contributed by atoms with Gasteiger partial charge in [-0.3, -0.25) is 4.79 Å². The first-order chi connectivity index (χ1) is 13.1. The van der Waals surface area contributed by atoms with E-state index in [4.69, 9.17) is 0 Å². The number of esters is 1. The summed E-state index contributed by atoms with van der Waals surface area (Å²) in [4.78, 5) is 24.4. The van der Waals surface area contributed by atoms with Crippen molar-refractivity contribution >= 4 is 17.6 Å². The first-order valence-electron chi connectivity index (χ1n) is 7.93. The van der Waals surface area contributed by atoms with E-state index in [-0.39, 0.29) is 5.69 Å². The largest absolute Gasteiger partial charge is 0.466 e. The van der Waals surface area contributed by atoms with Crippen LogP contribution in [-0.4, -0.2) is 30.8 Å². The first kappa shape index (κ1) is 21.2. The van der Waals surface area contributed by atoms with E-state index < -0.39 is 35.1 Å². The van der Waals surface area contributed by atoms with E-state index in [1.54, 1.807) is 30.5 Å². The number of ether oxygens (including phenoxy) is 1. The lowest BCUT2D eigenvalue weighted by atomic mass is 10.1. The third kappa shape index (κ3) is 4.22. The number of para-hydroxylation sites is 1. The molecule has 6 nitrogen and oxygen atoms in total. The Morgan fingerprint density at radius 3 is 2.18 bits per heavy atom. The second-order valence-corrected chi connectivity index (χ2v) is 5.74. The Bertz CT molecular complexity index is 873. The van der Waals surface area contributed by atoms with Gasteiger partial charge in [0.1, 0.15) is 5.82 Å². The van der Waals surface area contributed by atoms with Crippen LogP contribution in [0.5, 0.6) is 0 Å². The highest BCUT2D eigenvalue weighted by Gasteiger charge is 2.63. The van der Waals surface area contributed by atoms with E-state index in [1.807, 2.05) is 0 Å². The van der Waals surface area contributed by atoms with Crippen LogP contribution in [-0.2, 0) is 9.53 Å². The van der Waals surface area contributed by atoms with Crippen LogP contribution in [0.3, 0.4) is 0 Å². The van der Waals surface area contributed by atoms with Crippen LogP contribution >= 0.6 is 0 Å². The van der Waals surface area contributed by atoms with Gasteiger partial charge in [0.25, 0.3) is 5.91 Å². The molecule has 1 amide bonds. The maximum absolute atomic E-state index is 13.9. The van der Waals surface area contributed by atoms with Crippen molar-refractivity contribution in [2.75, 3.05) is 12.5 Å². The van der Waals surface area contributed by atoms with Crippen molar-refractivity contribution in [3.8, 4) is 0 Å². The zero-order valence-electron chi connectivity index (χ0n) is 14.9. The Balaban J connectivity index is 2.43. The van der Waals surface area contributed by atoms with Crippen molar-refractivity contribution < 1.29 is 31.9 Å². The third-order valence-electron chi connectivity index (χ3n) is 3.87. The Morgan fingerprint density at radius 2 is 1.61 bits per heavy atom. The van der Waals surface area contributed by atoms with Crippen LogP contribution in [0.25, 0.3) is 0 Å². The Kier molecular flexibility index (Phi) is 6.24. The highest BCUT2D eigenvalue weighted by molar-refractivity contribution is 5.98. The lowest BCUT2D eigenvalue weighted by Gasteiger charge is -2.34. The molecule has 0 radical (unpaired) electrons. The number of nitrogens with one attached hydrogen (secondary N) is 3. The molecule has 0 fully saturated rings. The molecule has 0 saturated carbocycles. The molecule has 0 aliphatic heterocycles. The van der Waals surface area contributed by atoms with Gasteiger partial charge in [-0.2, -0.15) is 18.6 Å². The molecule has 2 aromatic carbocycles. The van der Waals surface area contributed by atoms with Gasteiger partial charge in [0, 0.05) is 0 Å². The van der Waals surface area contributed by atoms with Gasteiger partial charge in [-0.05, 0) is 30.7 Å². The quantitative estimate of drug-likeness (QED) is 0.301. The number of halogens is 4. The predicted octanol–water partition coefficient (Wildman–Crippen LogP) is 2.91. The van der Waals surface area contributed by atoms with Crippen molar-refractivity contribution in [1.82, 2.24) is 10.7 Å². The number of carbonyl (C=O) groups excluding carboxylic acids is 2. The number of methoxy groups -OCH3 is 1. The van der Waals surface area contributed by atoms with Crippen LogP contribution in [0.1, 0.15) is 15.9 Å². The van der Waals surface area contributed by atoms with Crippen molar-refractivity contribution in [3.63, 3.8) is 0 Å². The van der Waals surface area contributed by atoms with Gasteiger partial charge in [-0.1, -0.05) is 30.3 Å². The second kappa shape index (κ2) is 8.26. The molecular weight excluding hydrogens is 382 g/mol. The van der Waals surface area contributed by atoms with Gasteiger partial charge in [-0.25, -0.2) is 9.18 Å². The molecule has 2 aromatic rings. The molecule has 0 saturated heterocycles. The lowest BCUT2D eigenvalue weighted by Crippen LogP contribution is -2.73. The second-order valence-electron chi connectivity index (χ2n) is 5.74. The maximum Gasteiger partial charge on any atom is 0.438 e. The number of alkyl halides is 3. The maximum atomic E-state index is 13.9. The van der Waals surface area contributed by atoms with Gasteiger partial charge in [0.05, 0.1) is 18.4 Å². The summed E-state index contributed by atoms with van der Waals surface area (Å²) in [6.07, 6.45) is -5.34. The number of hydrogen-bond donors (Lipinski definition) is 3. The molecule has 3 N–H and O–H groups in total. The highest BCUT2D eigenvalue weighted by atomic mass is 19.4. The summed E-state index contributed by atoms with van der Waals surface area (Å²) in [6.45, 7) is 1.62. The van der Waals surface area contributed by atoms with E-state index in [1.165, 1.54) is 23.5 Å². The monoisotopic (exact) mass is 399 g/mol. The minimum atomic E-state index is -5.34. The predicted molar refractivity (Wildman–Crippen MR) is 92.6 cm³/mol. The Hall–Kier alpha value is -3.14. The lowest BCUT2D eigenvalue weighted by molar-refractivity contribution is -0.215. The van der Waals surface area contributed by atoms with Crippen molar-refractivity contribution in [3.05, 3.63) is 65.5 Å². The number of hydrazine groups is 1. The van der Waals surface area contributed by atoms with E-state index in [2.05, 4.69) is 10.2 Å². The van der Waals surface area contributed by atoms with Gasteiger partial charge >= 0.3 is 17.8 Å². The average molecular weight is 399 g/mol. The molecule has 10 heteroatoms. The fourth-order valence-corrected chi connectivity index (χ4v) is 2.30. The molecule has 0 bridgehead atoms. The molecule has 0 spiro atoms. The minimum Gasteiger partial charge on any atom is -0.466 e. The molecule has 0 aliphatic carbocycles. The minimum absolute atomic E-state index is 0.222. The normalized spacial score (nSPS) is 13.4. The zero-order chi connectivity index (χ0) is 20.9. The summed E-state index contributed by atoms with van der Waals surface area (Å²) in [5, 5.41) is 1.52. The third-order valence-corrected chi connectivity index (χ3v) is 3.87. The van der Waals surface area contributed by atoms with E-state index in [9.17, 15) is 27.2 Å². The number of rotatable bonds is 6. The highest BCUT2D eigenvalue weighted by Crippen LogP contribution is 2.30. The van der Waals surface area contributed by atoms with Crippen LogP contribution in [0.2, 0.25) is 0 Å². The number of benzene rings is 2. The van der Waals surface area contributed by atoms with Gasteiger partial charge in [0.15, 0.2) is 0 Å². The Labute approximate surface area is 157 Å². The molecule has 150 valence electrons. The van der Waals surface area contributed by atoms with Crippen molar-refractivity contribution in [1.29, 1.82) is 0 Å². The van der Waals surface area contributed by atoms with Gasteiger partial charge < -0.3 is 15.5 Å². The summed E-state index contributed by atoms with van der Waals surface area (Å²) in [6, 6.07) is 10.7. The summed E-state index contributed by atoms with van der Waals surface area (Å²) in [5.74, 6) is -4.35. The fraction of sp³-hybridized carbons (Fsp3) is 0.222. The summed E-state index contributed by atoms with van der Waals surface area (Å²) in [5.41, 5.74) is 0.507. The summed E-state index contributed by atoms with van der Waals surface area (Å²) < 4.78 is 59.7. The fourth-order valence-electron chi connectivity index (χ4n) is 2.30. The molecule has 28 heavy (non-hydrogen) atoms. The average Bonchev–Trinajstić information content (AvgIpc) is 2.64. The van der Waals surface area contributed by atoms with Crippen LogP contribution in [0.15, 0.2) is 48.5 Å². The van der Waals surface area contributed by atoms with E-state index in [0.29, 0.717) is 5.56 Å². The van der Waals surface area contributed by atoms with E-state index in [0.717, 1.165) is 19.2 Å². The van der Waals surface area contributed by atoms with Gasteiger partial charge in [-0.15, -0.1) is 0 Å². The number of amides is 1. The van der Waals surface area contributed by atoms with Crippen LogP contribution in [0.4, 0.5) is 23.2 Å².